The monoisotopic (exact) mass is 505 g/mol. The highest BCUT2D eigenvalue weighted by Crippen LogP contribution is 2.73. The lowest BCUT2D eigenvalue weighted by Crippen LogP contribution is -2.68. The molecular weight excluding hydrogens is 462 g/mol. The molecule has 1 aromatic heterocycles. The predicted molar refractivity (Wildman–Crippen MR) is 145 cm³/mol. The largest absolute Gasteiger partial charge is 0.387 e. The maximum absolute atomic E-state index is 11.6. The molecule has 0 amide bonds. The van der Waals surface area contributed by atoms with Gasteiger partial charge in [-0.15, -0.1) is 0 Å². The number of H-pyrrole nitrogens is 1. The van der Waals surface area contributed by atoms with Crippen molar-refractivity contribution >= 4 is 10.9 Å². The third-order valence-electron chi connectivity index (χ3n) is 11.6. The van der Waals surface area contributed by atoms with Crippen molar-refractivity contribution in [3.63, 3.8) is 0 Å². The number of ether oxygens (including phenoxy) is 3. The summed E-state index contributed by atoms with van der Waals surface area (Å²) in [5.41, 5.74) is 4.66. The van der Waals surface area contributed by atoms with Gasteiger partial charge in [0.05, 0.1) is 18.3 Å². The molecule has 3 heterocycles. The Morgan fingerprint density at radius 1 is 1.19 bits per heavy atom. The Kier molecular flexibility index (Phi) is 5.08. The molecule has 5 unspecified atom stereocenters. The van der Waals surface area contributed by atoms with Gasteiger partial charge in [0.15, 0.2) is 0 Å². The van der Waals surface area contributed by atoms with Crippen molar-refractivity contribution < 1.29 is 19.3 Å². The van der Waals surface area contributed by atoms with Crippen molar-refractivity contribution in [1.82, 2.24) is 4.98 Å². The molecule has 2 aromatic rings. The van der Waals surface area contributed by atoms with Crippen LogP contribution in [0.5, 0.6) is 0 Å². The molecule has 2 aliphatic heterocycles. The molecule has 2 saturated heterocycles. The Bertz CT molecular complexity index is 1270. The number of fused-ring (bicyclic) bond motifs is 7. The van der Waals surface area contributed by atoms with E-state index in [0.29, 0.717) is 18.4 Å². The van der Waals surface area contributed by atoms with Crippen LogP contribution in [0, 0.1) is 17.3 Å². The van der Waals surface area contributed by atoms with Gasteiger partial charge in [0.1, 0.15) is 23.9 Å². The highest BCUT2D eigenvalue weighted by Gasteiger charge is 2.80. The topological polar surface area (TPSA) is 67.0 Å². The fourth-order valence-corrected chi connectivity index (χ4v) is 9.47. The van der Waals surface area contributed by atoms with E-state index in [-0.39, 0.29) is 28.6 Å². The Morgan fingerprint density at radius 2 is 1.97 bits per heavy atom. The lowest BCUT2D eigenvalue weighted by atomic mass is 9.43. The first kappa shape index (κ1) is 24.4. The number of epoxide rings is 1. The molecule has 0 bridgehead atoms. The highest BCUT2D eigenvalue weighted by atomic mass is 16.7. The summed E-state index contributed by atoms with van der Waals surface area (Å²) in [7, 11) is 0. The summed E-state index contributed by atoms with van der Waals surface area (Å²) in [4.78, 5) is 3.89. The second kappa shape index (κ2) is 7.71. The van der Waals surface area contributed by atoms with E-state index in [2.05, 4.69) is 63.0 Å². The van der Waals surface area contributed by atoms with E-state index in [1.54, 1.807) is 0 Å². The fourth-order valence-electron chi connectivity index (χ4n) is 9.47. The molecule has 37 heavy (non-hydrogen) atoms. The van der Waals surface area contributed by atoms with Crippen molar-refractivity contribution in [1.29, 1.82) is 0 Å². The molecule has 5 nitrogen and oxygen atoms in total. The number of nitrogens with one attached hydrogen (secondary N) is 1. The zero-order chi connectivity index (χ0) is 26.0. The molecule has 2 N–H and O–H groups in total. The molecule has 0 radical (unpaired) electrons. The minimum atomic E-state index is -0.682. The highest BCUT2D eigenvalue weighted by molar-refractivity contribution is 5.86. The minimum Gasteiger partial charge on any atom is -0.387 e. The van der Waals surface area contributed by atoms with Crippen molar-refractivity contribution in [2.24, 2.45) is 17.3 Å². The second-order valence-electron chi connectivity index (χ2n) is 13.8. The number of para-hydroxylation sites is 1. The van der Waals surface area contributed by atoms with Gasteiger partial charge < -0.3 is 24.3 Å². The first-order valence-corrected chi connectivity index (χ1v) is 14.4. The predicted octanol–water partition coefficient (Wildman–Crippen LogP) is 5.84. The lowest BCUT2D eigenvalue weighted by molar-refractivity contribution is -0.232. The van der Waals surface area contributed by atoms with Crippen LogP contribution in [0.15, 0.2) is 35.9 Å². The Labute approximate surface area is 220 Å². The van der Waals surface area contributed by atoms with Gasteiger partial charge >= 0.3 is 0 Å². The number of allylic oxidation sites excluding steroid dienone is 1. The van der Waals surface area contributed by atoms with E-state index >= 15 is 0 Å². The molecule has 5 heteroatoms. The zero-order valence-electron chi connectivity index (χ0n) is 23.3. The standard InChI is InChI=1S/C32H43NO4/c1-18(2)14-16-35-29(3,4)27-25(34)28-32(37-28)23-12-11-19-17-21-20-9-7-8-10-22(20)33-26(21)31(19,6)30(23,5)15-13-24(32)36-27/h7-10,14,19,23-25,27-28,33-34H,11-13,15-17H2,1-6H3/t19?,23?,24?,25-,27+,28?,30+,31-,32?/m1/s1. The number of benzene rings is 1. The number of aliphatic hydroxyl groups excluding tert-OH is 1. The van der Waals surface area contributed by atoms with Gasteiger partial charge in [-0.1, -0.05) is 43.7 Å². The molecule has 1 aromatic carbocycles. The molecule has 200 valence electrons. The van der Waals surface area contributed by atoms with Gasteiger partial charge in [-0.3, -0.25) is 0 Å². The van der Waals surface area contributed by atoms with Crippen LogP contribution in [0.1, 0.15) is 78.5 Å². The average Bonchev–Trinajstić information content (AvgIpc) is 3.38. The quantitative estimate of drug-likeness (QED) is 0.405. The number of rotatable bonds is 4. The molecule has 2 saturated carbocycles. The summed E-state index contributed by atoms with van der Waals surface area (Å²) in [6.07, 6.45) is 6.44. The maximum Gasteiger partial charge on any atom is 0.127 e. The van der Waals surface area contributed by atoms with Crippen molar-refractivity contribution in [2.45, 2.75) is 115 Å². The Balaban J connectivity index is 1.21. The average molecular weight is 506 g/mol. The van der Waals surface area contributed by atoms with Crippen LogP contribution in [-0.2, 0) is 26.0 Å². The van der Waals surface area contributed by atoms with Gasteiger partial charge in [0, 0.05) is 22.0 Å². The van der Waals surface area contributed by atoms with E-state index < -0.39 is 17.8 Å². The zero-order valence-corrected chi connectivity index (χ0v) is 23.3. The number of aromatic nitrogens is 1. The number of hydrogen-bond donors (Lipinski definition) is 2. The number of aliphatic hydroxyl groups is 1. The first-order valence-electron chi connectivity index (χ1n) is 14.4. The van der Waals surface area contributed by atoms with E-state index in [4.69, 9.17) is 14.2 Å². The minimum absolute atomic E-state index is 0.0130. The molecule has 9 atom stereocenters. The summed E-state index contributed by atoms with van der Waals surface area (Å²) in [5.74, 6) is 1.02. The van der Waals surface area contributed by atoms with E-state index in [9.17, 15) is 5.11 Å². The van der Waals surface area contributed by atoms with E-state index in [1.807, 2.05) is 13.8 Å². The van der Waals surface area contributed by atoms with Crippen LogP contribution in [-0.4, -0.2) is 52.3 Å². The molecule has 1 spiro atoms. The maximum atomic E-state index is 11.6. The van der Waals surface area contributed by atoms with Crippen molar-refractivity contribution in [3.05, 3.63) is 47.2 Å². The molecule has 3 aliphatic carbocycles. The first-order chi connectivity index (χ1) is 17.5. The molecule has 5 aliphatic rings. The van der Waals surface area contributed by atoms with E-state index in [1.165, 1.54) is 34.2 Å². The Morgan fingerprint density at radius 3 is 2.76 bits per heavy atom. The van der Waals surface area contributed by atoms with Crippen LogP contribution in [0.2, 0.25) is 0 Å². The van der Waals surface area contributed by atoms with Crippen LogP contribution >= 0.6 is 0 Å². The molecule has 7 rings (SSSR count). The van der Waals surface area contributed by atoms with Gasteiger partial charge in [-0.2, -0.15) is 0 Å². The van der Waals surface area contributed by atoms with Gasteiger partial charge in [-0.05, 0) is 88.7 Å². The SMILES string of the molecule is CC(C)=CCOC(C)(C)[C@H]1OC2CC[C@@]3(C)C(CCC4Cc5c([nH]c6ccccc56)[C@@]43C)C23OC3[C@@H]1O. The fraction of sp³-hybridized carbons (Fsp3) is 0.688. The summed E-state index contributed by atoms with van der Waals surface area (Å²) in [6, 6.07) is 8.80. The number of aromatic amines is 1. The molecular formula is C32H43NO4. The van der Waals surface area contributed by atoms with Gasteiger partial charge in [0.25, 0.3) is 0 Å². The van der Waals surface area contributed by atoms with Crippen LogP contribution in [0.4, 0.5) is 0 Å². The van der Waals surface area contributed by atoms with Crippen LogP contribution in [0.3, 0.4) is 0 Å². The second-order valence-corrected chi connectivity index (χ2v) is 13.8. The summed E-state index contributed by atoms with van der Waals surface area (Å²) < 4.78 is 19.7. The third kappa shape index (κ3) is 3.00. The van der Waals surface area contributed by atoms with Gasteiger partial charge in [0.2, 0.25) is 0 Å². The van der Waals surface area contributed by atoms with Crippen molar-refractivity contribution in [3.8, 4) is 0 Å². The summed E-state index contributed by atoms with van der Waals surface area (Å²) in [5, 5.41) is 13.0. The lowest BCUT2D eigenvalue weighted by Gasteiger charge is -2.62. The molecule has 4 fully saturated rings. The summed E-state index contributed by atoms with van der Waals surface area (Å²) >= 11 is 0. The smallest absolute Gasteiger partial charge is 0.127 e. The number of hydrogen-bond acceptors (Lipinski definition) is 4. The van der Waals surface area contributed by atoms with Crippen LogP contribution in [0.25, 0.3) is 10.9 Å². The van der Waals surface area contributed by atoms with Crippen LogP contribution < -0.4 is 0 Å². The van der Waals surface area contributed by atoms with E-state index in [0.717, 1.165) is 25.7 Å². The van der Waals surface area contributed by atoms with Gasteiger partial charge in [-0.25, -0.2) is 0 Å². The Hall–Kier alpha value is -1.66. The van der Waals surface area contributed by atoms with Crippen molar-refractivity contribution in [2.75, 3.05) is 6.61 Å². The third-order valence-corrected chi connectivity index (χ3v) is 11.6. The summed E-state index contributed by atoms with van der Waals surface area (Å²) in [6.45, 7) is 13.8. The normalized spacial score (nSPS) is 43.9.